The van der Waals surface area contributed by atoms with E-state index in [2.05, 4.69) is 0 Å². The summed E-state index contributed by atoms with van der Waals surface area (Å²) in [4.78, 5) is 0. The van der Waals surface area contributed by atoms with Crippen LogP contribution in [0.3, 0.4) is 0 Å². The number of aryl methyl sites for hydroxylation is 1. The lowest BCUT2D eigenvalue weighted by molar-refractivity contribution is 0.626. The van der Waals surface area contributed by atoms with Crippen molar-refractivity contribution in [2.75, 3.05) is 0 Å². The van der Waals surface area contributed by atoms with Crippen LogP contribution in [0.25, 0.3) is 0 Å². The van der Waals surface area contributed by atoms with Crippen molar-refractivity contribution in [1.82, 2.24) is 0 Å². The highest BCUT2D eigenvalue weighted by molar-refractivity contribution is 8.13. The highest BCUT2D eigenvalue weighted by atomic mass is 32.2. The molecule has 13 heavy (non-hydrogen) atoms. The van der Waals surface area contributed by atoms with Crippen LogP contribution in [0, 0.1) is 18.2 Å². The van der Waals surface area contributed by atoms with Crippen LogP contribution in [-0.2, 0) is 5.75 Å². The summed E-state index contributed by atoms with van der Waals surface area (Å²) in [5.41, 5.74) is 7.09. The summed E-state index contributed by atoms with van der Waals surface area (Å²) >= 11 is 1.20. The normalized spacial score (nSPS) is 10.0. The molecular formula is C9H11FN2S. The van der Waals surface area contributed by atoms with Crippen molar-refractivity contribution in [2.45, 2.75) is 12.7 Å². The number of hydrogen-bond acceptors (Lipinski definition) is 2. The summed E-state index contributed by atoms with van der Waals surface area (Å²) in [6, 6.07) is 4.63. The van der Waals surface area contributed by atoms with Crippen molar-refractivity contribution < 1.29 is 4.39 Å². The fourth-order valence-electron chi connectivity index (χ4n) is 0.951. The molecule has 0 aromatic heterocycles. The molecule has 70 valence electrons. The molecule has 0 unspecified atom stereocenters. The minimum Gasteiger partial charge on any atom is -0.379 e. The number of amidine groups is 1. The molecule has 1 aromatic rings. The first-order chi connectivity index (χ1) is 6.09. The molecule has 1 rings (SSSR count). The number of halogens is 1. The van der Waals surface area contributed by atoms with Gasteiger partial charge in [0.1, 0.15) is 5.82 Å². The first kappa shape index (κ1) is 10.1. The Morgan fingerprint density at radius 2 is 2.31 bits per heavy atom. The average Bonchev–Trinajstić information content (AvgIpc) is 2.06. The second kappa shape index (κ2) is 4.28. The fourth-order valence-corrected chi connectivity index (χ4v) is 1.57. The van der Waals surface area contributed by atoms with Crippen molar-refractivity contribution in [3.05, 3.63) is 35.1 Å². The van der Waals surface area contributed by atoms with E-state index < -0.39 is 0 Å². The number of nitrogens with two attached hydrogens (primary N) is 1. The Hall–Kier alpha value is -1.03. The molecule has 0 saturated heterocycles. The minimum atomic E-state index is -0.246. The number of hydrogen-bond donors (Lipinski definition) is 2. The number of benzene rings is 1. The molecule has 2 nitrogen and oxygen atoms in total. The third kappa shape index (κ3) is 3.06. The summed E-state index contributed by atoms with van der Waals surface area (Å²) in [6.45, 7) is 1.91. The summed E-state index contributed by atoms with van der Waals surface area (Å²) in [5.74, 6) is 0.309. The monoisotopic (exact) mass is 198 g/mol. The quantitative estimate of drug-likeness (QED) is 0.565. The van der Waals surface area contributed by atoms with Gasteiger partial charge < -0.3 is 5.73 Å². The van der Waals surface area contributed by atoms with E-state index in [1.807, 2.05) is 6.92 Å². The predicted octanol–water partition coefficient (Wildman–Crippen LogP) is 2.26. The fraction of sp³-hybridized carbons (Fsp3) is 0.222. The molecule has 0 radical (unpaired) electrons. The second-order valence-electron chi connectivity index (χ2n) is 2.72. The van der Waals surface area contributed by atoms with Gasteiger partial charge in [0, 0.05) is 5.75 Å². The maximum atomic E-state index is 12.8. The van der Waals surface area contributed by atoms with Gasteiger partial charge in [-0.1, -0.05) is 17.8 Å². The molecule has 0 fully saturated rings. The van der Waals surface area contributed by atoms with Gasteiger partial charge >= 0.3 is 0 Å². The van der Waals surface area contributed by atoms with Gasteiger partial charge in [-0.2, -0.15) is 0 Å². The van der Waals surface area contributed by atoms with Gasteiger partial charge in [0.05, 0.1) is 0 Å². The topological polar surface area (TPSA) is 49.9 Å². The predicted molar refractivity (Wildman–Crippen MR) is 54.3 cm³/mol. The van der Waals surface area contributed by atoms with Crippen molar-refractivity contribution in [1.29, 1.82) is 5.41 Å². The van der Waals surface area contributed by atoms with Gasteiger partial charge in [0.25, 0.3) is 0 Å². The first-order valence-corrected chi connectivity index (χ1v) is 4.80. The van der Waals surface area contributed by atoms with E-state index in [-0.39, 0.29) is 11.0 Å². The third-order valence-corrected chi connectivity index (χ3v) is 2.46. The Bertz CT molecular complexity index is 325. The van der Waals surface area contributed by atoms with Gasteiger partial charge in [0.15, 0.2) is 5.17 Å². The van der Waals surface area contributed by atoms with Crippen LogP contribution in [0.15, 0.2) is 18.2 Å². The van der Waals surface area contributed by atoms with Crippen molar-refractivity contribution in [2.24, 2.45) is 5.73 Å². The van der Waals surface area contributed by atoms with E-state index in [4.69, 9.17) is 11.1 Å². The third-order valence-electron chi connectivity index (χ3n) is 1.69. The van der Waals surface area contributed by atoms with Crippen LogP contribution in [-0.4, -0.2) is 5.17 Å². The van der Waals surface area contributed by atoms with Gasteiger partial charge in [0.2, 0.25) is 0 Å². The SMILES string of the molecule is Cc1ccc(F)cc1CSC(=N)N. The van der Waals surface area contributed by atoms with Crippen LogP contribution in [0.4, 0.5) is 4.39 Å². The molecule has 0 saturated carbocycles. The standard InChI is InChI=1S/C9H11FN2S/c1-6-2-3-8(10)4-7(6)5-13-9(11)12/h2-4H,5H2,1H3,(H3,11,12). The summed E-state index contributed by atoms with van der Waals surface area (Å²) in [6.07, 6.45) is 0. The van der Waals surface area contributed by atoms with Gasteiger partial charge in [-0.15, -0.1) is 0 Å². The van der Waals surface area contributed by atoms with Crippen molar-refractivity contribution in [3.8, 4) is 0 Å². The molecule has 0 aliphatic rings. The summed E-state index contributed by atoms with van der Waals surface area (Å²) in [5, 5.41) is 7.07. The molecule has 0 aliphatic carbocycles. The second-order valence-corrected chi connectivity index (χ2v) is 3.74. The van der Waals surface area contributed by atoms with E-state index in [9.17, 15) is 4.39 Å². The van der Waals surface area contributed by atoms with E-state index in [0.29, 0.717) is 5.75 Å². The lowest BCUT2D eigenvalue weighted by atomic mass is 10.1. The highest BCUT2D eigenvalue weighted by Gasteiger charge is 2.01. The van der Waals surface area contributed by atoms with Gasteiger partial charge in [-0.3, -0.25) is 5.41 Å². The molecule has 1 aromatic carbocycles. The number of rotatable bonds is 2. The van der Waals surface area contributed by atoms with Crippen molar-refractivity contribution in [3.63, 3.8) is 0 Å². The molecule has 0 bridgehead atoms. The molecule has 0 amide bonds. The van der Waals surface area contributed by atoms with Gasteiger partial charge in [-0.05, 0) is 30.2 Å². The lowest BCUT2D eigenvalue weighted by Gasteiger charge is -2.04. The molecule has 0 aliphatic heterocycles. The molecule has 0 atom stereocenters. The van der Waals surface area contributed by atoms with Crippen LogP contribution in [0.2, 0.25) is 0 Å². The molecule has 3 N–H and O–H groups in total. The number of nitrogens with one attached hydrogen (secondary N) is 1. The largest absolute Gasteiger partial charge is 0.379 e. The Balaban J connectivity index is 2.75. The molecule has 0 spiro atoms. The number of thioether (sulfide) groups is 1. The van der Waals surface area contributed by atoms with Crippen LogP contribution >= 0.6 is 11.8 Å². The zero-order valence-corrected chi connectivity index (χ0v) is 8.12. The Morgan fingerprint density at radius 3 is 2.92 bits per heavy atom. The Morgan fingerprint density at radius 1 is 1.62 bits per heavy atom. The average molecular weight is 198 g/mol. The first-order valence-electron chi connectivity index (χ1n) is 3.81. The maximum Gasteiger partial charge on any atom is 0.151 e. The highest BCUT2D eigenvalue weighted by Crippen LogP contribution is 2.16. The van der Waals surface area contributed by atoms with Crippen molar-refractivity contribution >= 4 is 16.9 Å². The van der Waals surface area contributed by atoms with E-state index in [0.717, 1.165) is 11.1 Å². The van der Waals surface area contributed by atoms with Crippen LogP contribution in [0.5, 0.6) is 0 Å². The molecule has 4 heteroatoms. The Labute approximate surface area is 80.8 Å². The smallest absolute Gasteiger partial charge is 0.151 e. The van der Waals surface area contributed by atoms with Crippen LogP contribution in [0.1, 0.15) is 11.1 Å². The summed E-state index contributed by atoms with van der Waals surface area (Å²) in [7, 11) is 0. The summed E-state index contributed by atoms with van der Waals surface area (Å²) < 4.78 is 12.8. The minimum absolute atomic E-state index is 0.0589. The van der Waals surface area contributed by atoms with E-state index in [1.54, 1.807) is 6.07 Å². The Kier molecular flexibility index (Phi) is 3.31. The maximum absolute atomic E-state index is 12.8. The lowest BCUT2D eigenvalue weighted by Crippen LogP contribution is -2.04. The zero-order chi connectivity index (χ0) is 9.84. The van der Waals surface area contributed by atoms with Gasteiger partial charge in [-0.25, -0.2) is 4.39 Å². The molecular weight excluding hydrogens is 187 g/mol. The zero-order valence-electron chi connectivity index (χ0n) is 7.30. The van der Waals surface area contributed by atoms with E-state index in [1.165, 1.54) is 23.9 Å². The molecule has 0 heterocycles. The van der Waals surface area contributed by atoms with Crippen LogP contribution < -0.4 is 5.73 Å². The van der Waals surface area contributed by atoms with E-state index >= 15 is 0 Å².